The van der Waals surface area contributed by atoms with Crippen molar-refractivity contribution in [2.24, 2.45) is 30.7 Å². The van der Waals surface area contributed by atoms with Crippen molar-refractivity contribution >= 4 is 99.8 Å². The molecule has 0 fully saturated rings. The van der Waals surface area contributed by atoms with E-state index in [1.54, 1.807) is 24.3 Å². The number of nitrogens with two attached hydrogens (primary N) is 2. The molecule has 0 unspecified atom stereocenters. The van der Waals surface area contributed by atoms with Gasteiger partial charge in [-0.25, -0.2) is 13.7 Å². The molecule has 8 N–H and O–H groups in total. The largest absolute Gasteiger partial charge is 0.505 e. The van der Waals surface area contributed by atoms with Crippen LogP contribution in [0, 0.1) is 17.0 Å². The lowest BCUT2D eigenvalue weighted by Crippen LogP contribution is -2.12. The number of nitrogens with zero attached hydrogens (tertiary/aromatic N) is 7. The maximum absolute atomic E-state index is 13.2. The molecular weight excluding hydrogens is 833 g/mol. The first-order chi connectivity index (χ1) is 28.0. The van der Waals surface area contributed by atoms with Crippen molar-refractivity contribution in [2.75, 3.05) is 16.2 Å². The van der Waals surface area contributed by atoms with E-state index >= 15 is 0 Å². The van der Waals surface area contributed by atoms with Crippen LogP contribution < -0.4 is 16.2 Å². The minimum Gasteiger partial charge on any atom is -0.505 e. The van der Waals surface area contributed by atoms with E-state index in [2.05, 4.69) is 44.8 Å². The highest BCUT2D eigenvalue weighted by atomic mass is 32.2. The van der Waals surface area contributed by atoms with Gasteiger partial charge in [0.1, 0.15) is 22.0 Å². The summed E-state index contributed by atoms with van der Waals surface area (Å²) in [5.41, 5.74) is 13.6. The summed E-state index contributed by atoms with van der Waals surface area (Å²) in [4.78, 5) is 9.31. The Hall–Kier alpha value is -6.93. The standard InChI is InChI=1S/C35H28N10O11S3/c1-19-2-15-28(27(36)16-19)41-38-21-3-5-24(6-4-21)44-58(50,51)26-13-9-23(10-14-26)40-43-34-30(59(52,53)54)18-20-17-29(57-56-55-49)33(32(37)31(20)35(34)46)42-39-22-7-11-25(12-8-22)45(47)48/h2-18,44,46,49H,36-37H2,1H3,(H,52,53,54). The van der Waals surface area contributed by atoms with Gasteiger partial charge in [-0.15, -0.1) is 19.7 Å². The van der Waals surface area contributed by atoms with Crippen molar-refractivity contribution in [1.82, 2.24) is 0 Å². The highest BCUT2D eigenvalue weighted by Crippen LogP contribution is 2.49. The molecule has 0 aromatic heterocycles. The molecule has 6 rings (SSSR count). The number of hydrogen-bond acceptors (Lipinski definition) is 19. The average molecular weight is 861 g/mol. The number of fused-ring (bicyclic) bond motifs is 1. The number of benzene rings is 6. The SMILES string of the molecule is Cc1ccc(N=Nc2ccc(NS(=O)(=O)c3ccc(N=Nc4c(S(=O)(=O)O)cc5cc(SOOO)c(N=Nc6ccc([N+](=O)[O-])cc6)c(N)c5c4O)cc3)cc2)c(N)c1. The van der Waals surface area contributed by atoms with Crippen LogP contribution in [0.4, 0.5) is 56.9 Å². The number of anilines is 3. The minimum absolute atomic E-state index is 0.00659. The molecule has 0 heterocycles. The molecule has 0 spiro atoms. The third-order valence-corrected chi connectivity index (χ3v) is 10.9. The van der Waals surface area contributed by atoms with Crippen LogP contribution in [0.1, 0.15) is 5.56 Å². The number of nitro benzene ring substituents is 1. The van der Waals surface area contributed by atoms with Gasteiger partial charge in [0.05, 0.1) is 60.6 Å². The minimum atomic E-state index is -5.09. The number of hydrogen-bond donors (Lipinski definition) is 6. The molecule has 6 aromatic rings. The zero-order valence-electron chi connectivity index (χ0n) is 29.9. The first-order valence-corrected chi connectivity index (χ1v) is 20.0. The smallest absolute Gasteiger partial charge is 0.296 e. The molecule has 21 nitrogen and oxygen atoms in total. The molecule has 0 saturated carbocycles. The lowest BCUT2D eigenvalue weighted by atomic mass is 10.1. The average Bonchev–Trinajstić information content (AvgIpc) is 3.19. The molecule has 0 amide bonds. The molecular formula is C35H28N10O11S3. The fourth-order valence-corrected chi connectivity index (χ4v) is 7.48. The van der Waals surface area contributed by atoms with Crippen LogP contribution in [0.25, 0.3) is 10.8 Å². The number of non-ortho nitro benzene ring substituents is 1. The Morgan fingerprint density at radius 3 is 1.92 bits per heavy atom. The zero-order valence-corrected chi connectivity index (χ0v) is 32.4. The molecule has 0 aliphatic carbocycles. The van der Waals surface area contributed by atoms with Crippen LogP contribution in [0.5, 0.6) is 5.75 Å². The van der Waals surface area contributed by atoms with Crippen molar-refractivity contribution in [2.45, 2.75) is 21.6 Å². The number of phenols is 1. The summed E-state index contributed by atoms with van der Waals surface area (Å²) >= 11 is 0.365. The number of nitrogens with one attached hydrogen (secondary N) is 1. The Morgan fingerprint density at radius 2 is 1.34 bits per heavy atom. The third kappa shape index (κ3) is 9.79. The Bertz CT molecular complexity index is 2900. The number of azo groups is 3. The van der Waals surface area contributed by atoms with Crippen LogP contribution >= 0.6 is 12.0 Å². The van der Waals surface area contributed by atoms with Gasteiger partial charge in [-0.05, 0) is 103 Å². The van der Waals surface area contributed by atoms with E-state index in [0.29, 0.717) is 29.1 Å². The number of phenolic OH excluding ortho intramolecular Hbond substituents is 1. The number of sulfonamides is 1. The first kappa shape index (κ1) is 41.7. The lowest BCUT2D eigenvalue weighted by Gasteiger charge is -2.14. The molecule has 302 valence electrons. The van der Waals surface area contributed by atoms with Crippen LogP contribution in [0.3, 0.4) is 0 Å². The molecule has 0 aliphatic rings. The van der Waals surface area contributed by atoms with Crippen molar-refractivity contribution in [3.8, 4) is 5.75 Å². The summed E-state index contributed by atoms with van der Waals surface area (Å²) in [6.07, 6.45) is 0. The van der Waals surface area contributed by atoms with E-state index in [1.165, 1.54) is 66.7 Å². The molecule has 0 aliphatic heterocycles. The van der Waals surface area contributed by atoms with Crippen molar-refractivity contribution < 1.29 is 46.0 Å². The van der Waals surface area contributed by atoms with E-state index in [0.717, 1.165) is 11.6 Å². The van der Waals surface area contributed by atoms with E-state index in [-0.39, 0.29) is 54.7 Å². The summed E-state index contributed by atoms with van der Waals surface area (Å²) in [5, 5.41) is 58.6. The van der Waals surface area contributed by atoms with Crippen LogP contribution in [-0.2, 0) is 29.5 Å². The Kier molecular flexibility index (Phi) is 12.2. The summed E-state index contributed by atoms with van der Waals surface area (Å²) < 4.78 is 68.3. The third-order valence-electron chi connectivity index (χ3n) is 8.06. The van der Waals surface area contributed by atoms with Gasteiger partial charge in [-0.3, -0.25) is 19.4 Å². The monoisotopic (exact) mass is 860 g/mol. The molecule has 0 saturated heterocycles. The van der Waals surface area contributed by atoms with E-state index < -0.39 is 41.4 Å². The number of nitro groups is 1. The van der Waals surface area contributed by atoms with Gasteiger partial charge in [-0.1, -0.05) is 11.1 Å². The zero-order chi connectivity index (χ0) is 42.5. The molecule has 6 aromatic carbocycles. The molecule has 0 bridgehead atoms. The molecule has 24 heteroatoms. The number of nitrogen functional groups attached to an aromatic ring is 2. The number of aromatic hydroxyl groups is 1. The van der Waals surface area contributed by atoms with Gasteiger partial charge in [0.2, 0.25) is 0 Å². The van der Waals surface area contributed by atoms with Crippen LogP contribution in [0.2, 0.25) is 0 Å². The predicted molar refractivity (Wildman–Crippen MR) is 215 cm³/mol. The second kappa shape index (κ2) is 17.3. The topological polar surface area (TPSA) is 329 Å². The second-order valence-corrected chi connectivity index (χ2v) is 15.9. The maximum Gasteiger partial charge on any atom is 0.296 e. The van der Waals surface area contributed by atoms with E-state index in [1.807, 2.05) is 13.0 Å². The first-order valence-electron chi connectivity index (χ1n) is 16.4. The van der Waals surface area contributed by atoms with Crippen LogP contribution in [-0.4, -0.2) is 36.7 Å². The molecule has 59 heavy (non-hydrogen) atoms. The lowest BCUT2D eigenvalue weighted by molar-refractivity contribution is -0.432. The van der Waals surface area contributed by atoms with Gasteiger partial charge < -0.3 is 16.6 Å². The Balaban J connectivity index is 1.27. The highest BCUT2D eigenvalue weighted by molar-refractivity contribution is 7.94. The van der Waals surface area contributed by atoms with E-state index in [4.69, 9.17) is 16.7 Å². The Morgan fingerprint density at radius 1 is 0.763 bits per heavy atom. The summed E-state index contributed by atoms with van der Waals surface area (Å²) in [7, 11) is -9.20. The van der Waals surface area contributed by atoms with Gasteiger partial charge in [0, 0.05) is 17.8 Å². The van der Waals surface area contributed by atoms with E-state index in [9.17, 15) is 36.6 Å². The number of aryl methyl sites for hydroxylation is 1. The Labute approximate surface area is 337 Å². The highest BCUT2D eigenvalue weighted by Gasteiger charge is 2.26. The fraction of sp³-hybridized carbons (Fsp3) is 0.0286. The fourth-order valence-electron chi connectivity index (χ4n) is 5.26. The van der Waals surface area contributed by atoms with Crippen molar-refractivity contribution in [3.63, 3.8) is 0 Å². The van der Waals surface area contributed by atoms with Gasteiger partial charge in [0.15, 0.2) is 5.75 Å². The normalized spacial score (nSPS) is 12.3. The predicted octanol–water partition coefficient (Wildman–Crippen LogP) is 9.65. The molecule has 0 radical (unpaired) electrons. The van der Waals surface area contributed by atoms with Crippen LogP contribution in [0.15, 0.2) is 149 Å². The van der Waals surface area contributed by atoms with Crippen molar-refractivity contribution in [3.05, 3.63) is 119 Å². The van der Waals surface area contributed by atoms with Gasteiger partial charge in [0.25, 0.3) is 25.8 Å². The maximum atomic E-state index is 13.2. The van der Waals surface area contributed by atoms with Crippen molar-refractivity contribution in [1.29, 1.82) is 0 Å². The molecule has 0 atom stereocenters. The summed E-state index contributed by atoms with van der Waals surface area (Å²) in [5.74, 6) is -0.866. The summed E-state index contributed by atoms with van der Waals surface area (Å²) in [6, 6.07) is 23.4. The van der Waals surface area contributed by atoms with Gasteiger partial charge >= 0.3 is 0 Å². The van der Waals surface area contributed by atoms with Gasteiger partial charge in [-0.2, -0.15) is 23.8 Å². The quantitative estimate of drug-likeness (QED) is 0.0113. The second-order valence-electron chi connectivity index (χ2n) is 12.1. The summed E-state index contributed by atoms with van der Waals surface area (Å²) in [6.45, 7) is 1.90. The number of rotatable bonds is 14.